The number of fused-ring (bicyclic) bond motifs is 1. The van der Waals surface area contributed by atoms with E-state index in [0.29, 0.717) is 32.6 Å². The van der Waals surface area contributed by atoms with Gasteiger partial charge in [0, 0.05) is 32.2 Å². The minimum Gasteiger partial charge on any atom is -0.377 e. The van der Waals surface area contributed by atoms with E-state index >= 15 is 0 Å². The molecule has 0 N–H and O–H groups in total. The maximum absolute atomic E-state index is 12.5. The molecule has 2 fully saturated rings. The monoisotopic (exact) mass is 366 g/mol. The fourth-order valence-electron chi connectivity index (χ4n) is 3.67. The number of amides is 1. The molecule has 0 saturated carbocycles. The van der Waals surface area contributed by atoms with E-state index in [0.717, 1.165) is 12.1 Å². The van der Waals surface area contributed by atoms with Gasteiger partial charge in [-0.1, -0.05) is 30.3 Å². The van der Waals surface area contributed by atoms with E-state index in [1.54, 1.807) is 4.90 Å². The van der Waals surface area contributed by atoms with Crippen molar-refractivity contribution in [3.05, 3.63) is 35.9 Å². The Morgan fingerprint density at radius 3 is 2.64 bits per heavy atom. The van der Waals surface area contributed by atoms with Crippen molar-refractivity contribution in [2.75, 3.05) is 38.2 Å². The lowest BCUT2D eigenvalue weighted by Gasteiger charge is -2.42. The Hall–Kier alpha value is -1.44. The van der Waals surface area contributed by atoms with Gasteiger partial charge >= 0.3 is 0 Å². The predicted octanol–water partition coefficient (Wildman–Crippen LogP) is 0.923. The van der Waals surface area contributed by atoms with Crippen LogP contribution in [0, 0.1) is 0 Å². The molecule has 0 unspecified atom stereocenters. The molecule has 1 amide bonds. The molecule has 1 aromatic rings. The van der Waals surface area contributed by atoms with Crippen molar-refractivity contribution in [2.45, 2.75) is 31.5 Å². The van der Waals surface area contributed by atoms with Crippen LogP contribution in [-0.4, -0.2) is 74.5 Å². The molecule has 0 aromatic heterocycles. The summed E-state index contributed by atoms with van der Waals surface area (Å²) in [5.74, 6) is 0.305. The highest BCUT2D eigenvalue weighted by Gasteiger charge is 2.46. The fraction of sp³-hybridized carbons (Fsp3) is 0.611. The van der Waals surface area contributed by atoms with Crippen molar-refractivity contribution in [2.24, 2.45) is 0 Å². The topological polar surface area (TPSA) is 66.9 Å². The van der Waals surface area contributed by atoms with Crippen LogP contribution in [0.4, 0.5) is 0 Å². The van der Waals surface area contributed by atoms with Crippen molar-refractivity contribution in [1.82, 2.24) is 9.80 Å². The molecule has 2 heterocycles. The highest BCUT2D eigenvalue weighted by molar-refractivity contribution is 7.91. The molecule has 3 rings (SSSR count). The number of rotatable bonds is 6. The molecule has 2 aliphatic rings. The number of benzene rings is 1. The van der Waals surface area contributed by atoms with Crippen LogP contribution in [0.15, 0.2) is 30.3 Å². The number of hydrogen-bond donors (Lipinski definition) is 0. The number of piperazine rings is 1. The van der Waals surface area contributed by atoms with Gasteiger partial charge in [-0.15, -0.1) is 0 Å². The first-order valence-electron chi connectivity index (χ1n) is 8.78. The largest absolute Gasteiger partial charge is 0.377 e. The second-order valence-corrected chi connectivity index (χ2v) is 9.07. The zero-order valence-electron chi connectivity index (χ0n) is 14.6. The first-order chi connectivity index (χ1) is 12.0. The fourth-order valence-corrected chi connectivity index (χ4v) is 5.72. The van der Waals surface area contributed by atoms with Gasteiger partial charge in [0.2, 0.25) is 5.91 Å². The highest BCUT2D eigenvalue weighted by atomic mass is 32.2. The lowest BCUT2D eigenvalue weighted by molar-refractivity contribution is -0.136. The molecule has 1 aromatic carbocycles. The average Bonchev–Trinajstić information content (AvgIpc) is 2.91. The van der Waals surface area contributed by atoms with Crippen molar-refractivity contribution in [3.63, 3.8) is 0 Å². The number of ether oxygens (including phenoxy) is 1. The van der Waals surface area contributed by atoms with E-state index in [4.69, 9.17) is 4.74 Å². The lowest BCUT2D eigenvalue weighted by Crippen LogP contribution is -2.59. The van der Waals surface area contributed by atoms with Crippen LogP contribution in [-0.2, 0) is 26.0 Å². The number of sulfone groups is 1. The zero-order chi connectivity index (χ0) is 17.9. The van der Waals surface area contributed by atoms with E-state index < -0.39 is 9.84 Å². The van der Waals surface area contributed by atoms with Crippen molar-refractivity contribution < 1.29 is 17.9 Å². The van der Waals surface area contributed by atoms with Crippen molar-refractivity contribution in [3.8, 4) is 0 Å². The molecule has 0 spiro atoms. The van der Waals surface area contributed by atoms with Crippen LogP contribution < -0.4 is 0 Å². The Balaban J connectivity index is 1.45. The molecule has 7 heteroatoms. The number of likely N-dealkylation sites (N-methyl/N-ethyl adjacent to an activating group) is 1. The van der Waals surface area contributed by atoms with E-state index in [2.05, 4.69) is 4.90 Å². The smallest absolute Gasteiger partial charge is 0.223 e. The summed E-state index contributed by atoms with van der Waals surface area (Å²) in [5.41, 5.74) is 1.12. The lowest BCUT2D eigenvalue weighted by atomic mass is 10.0. The molecule has 2 atom stereocenters. The van der Waals surface area contributed by atoms with E-state index in [1.165, 1.54) is 0 Å². The maximum atomic E-state index is 12.5. The molecule has 0 bridgehead atoms. The Morgan fingerprint density at radius 2 is 1.88 bits per heavy atom. The Bertz CT molecular complexity index is 692. The Labute approximate surface area is 149 Å². The molecule has 0 aliphatic carbocycles. The third-order valence-corrected chi connectivity index (χ3v) is 6.76. The first-order valence-corrected chi connectivity index (χ1v) is 10.6. The summed E-state index contributed by atoms with van der Waals surface area (Å²) in [6.45, 7) is 2.41. The quantitative estimate of drug-likeness (QED) is 0.701. The van der Waals surface area contributed by atoms with Crippen LogP contribution in [0.1, 0.15) is 18.4 Å². The number of hydrogen-bond acceptors (Lipinski definition) is 5. The summed E-state index contributed by atoms with van der Waals surface area (Å²) in [6, 6.07) is 9.68. The summed E-state index contributed by atoms with van der Waals surface area (Å²) >= 11 is 0. The van der Waals surface area contributed by atoms with Crippen LogP contribution in [0.3, 0.4) is 0 Å². The maximum Gasteiger partial charge on any atom is 0.223 e. The summed E-state index contributed by atoms with van der Waals surface area (Å²) in [4.78, 5) is 16.4. The summed E-state index contributed by atoms with van der Waals surface area (Å²) < 4.78 is 29.5. The van der Waals surface area contributed by atoms with Gasteiger partial charge in [0.15, 0.2) is 9.84 Å². The van der Waals surface area contributed by atoms with Crippen LogP contribution in [0.25, 0.3) is 0 Å². The SMILES string of the molecule is CN1CCN(C(=O)CCCOCc2ccccc2)[C@@H]2CS(=O)(=O)C[C@@H]21. The van der Waals surface area contributed by atoms with Gasteiger partial charge in [-0.25, -0.2) is 8.42 Å². The van der Waals surface area contributed by atoms with Crippen LogP contribution in [0.5, 0.6) is 0 Å². The van der Waals surface area contributed by atoms with Gasteiger partial charge in [0.25, 0.3) is 0 Å². The molecule has 2 aliphatic heterocycles. The summed E-state index contributed by atoms with van der Waals surface area (Å²) in [6.07, 6.45) is 1.06. The molecule has 2 saturated heterocycles. The van der Waals surface area contributed by atoms with Gasteiger partial charge < -0.3 is 9.64 Å². The number of carbonyl (C=O) groups is 1. The molecule has 138 valence electrons. The Kier molecular flexibility index (Phi) is 5.76. The number of nitrogens with zero attached hydrogens (tertiary/aromatic N) is 2. The van der Waals surface area contributed by atoms with Gasteiger partial charge in [-0.3, -0.25) is 9.69 Å². The zero-order valence-corrected chi connectivity index (χ0v) is 15.5. The third kappa shape index (κ3) is 4.59. The highest BCUT2D eigenvalue weighted by Crippen LogP contribution is 2.26. The molecule has 25 heavy (non-hydrogen) atoms. The average molecular weight is 366 g/mol. The first kappa shape index (κ1) is 18.4. The predicted molar refractivity (Wildman–Crippen MR) is 95.9 cm³/mol. The van der Waals surface area contributed by atoms with Crippen LogP contribution >= 0.6 is 0 Å². The van der Waals surface area contributed by atoms with E-state index in [9.17, 15) is 13.2 Å². The van der Waals surface area contributed by atoms with Gasteiger partial charge in [-0.2, -0.15) is 0 Å². The minimum absolute atomic E-state index is 0.0449. The molecular weight excluding hydrogens is 340 g/mol. The molecule has 0 radical (unpaired) electrons. The molecule has 6 nitrogen and oxygen atoms in total. The third-order valence-electron chi connectivity index (χ3n) is 5.06. The van der Waals surface area contributed by atoms with Gasteiger partial charge in [0.1, 0.15) is 0 Å². The van der Waals surface area contributed by atoms with E-state index in [1.807, 2.05) is 37.4 Å². The standard InChI is InChI=1S/C18H26N2O4S/c1-19-9-10-20(17-14-25(22,23)13-16(17)19)18(21)8-5-11-24-12-15-6-3-2-4-7-15/h2-4,6-7,16-17H,5,8-14H2,1H3/t16-,17+/m0/s1. The normalized spacial score (nSPS) is 25.7. The second-order valence-electron chi connectivity index (χ2n) is 6.92. The number of carbonyl (C=O) groups excluding carboxylic acids is 1. The van der Waals surface area contributed by atoms with Gasteiger partial charge in [0.05, 0.1) is 24.2 Å². The van der Waals surface area contributed by atoms with Crippen LogP contribution in [0.2, 0.25) is 0 Å². The Morgan fingerprint density at radius 1 is 1.16 bits per heavy atom. The van der Waals surface area contributed by atoms with Crippen molar-refractivity contribution in [1.29, 1.82) is 0 Å². The summed E-state index contributed by atoms with van der Waals surface area (Å²) in [7, 11) is -1.11. The van der Waals surface area contributed by atoms with E-state index in [-0.39, 0.29) is 29.5 Å². The van der Waals surface area contributed by atoms with Crippen molar-refractivity contribution >= 4 is 15.7 Å². The molecular formula is C18H26N2O4S. The summed E-state index contributed by atoms with van der Waals surface area (Å²) in [5, 5.41) is 0. The minimum atomic E-state index is -3.05. The van der Waals surface area contributed by atoms with Gasteiger partial charge in [-0.05, 0) is 19.0 Å². The second kappa shape index (κ2) is 7.85.